The van der Waals surface area contributed by atoms with Crippen LogP contribution in [0.5, 0.6) is 0 Å². The zero-order chi connectivity index (χ0) is 27.0. The van der Waals surface area contributed by atoms with Crippen LogP contribution in [0.2, 0.25) is 0 Å². The standard InChI is InChI=1S/C28H14F7NO2/c29-13-5-1-11(2-6-13)17(12-3-7-14(30)8-4-12)18-15-9-10-16(18)20-19(15)27(37)36(28(20)38)26-24(34)22(32)21(31)23(33)25(26)35/h1-10,15-16,19-20H/t15-,16-,19+,20+/m0/s1. The molecule has 2 amide bonds. The second-order valence-corrected chi connectivity index (χ2v) is 9.26. The van der Waals surface area contributed by atoms with Gasteiger partial charge in [-0.15, -0.1) is 0 Å². The fourth-order valence-corrected chi connectivity index (χ4v) is 5.84. The van der Waals surface area contributed by atoms with Gasteiger partial charge in [0.2, 0.25) is 17.6 Å². The molecule has 38 heavy (non-hydrogen) atoms. The maximum absolute atomic E-state index is 14.5. The van der Waals surface area contributed by atoms with Gasteiger partial charge in [-0.25, -0.2) is 35.6 Å². The number of anilines is 1. The highest BCUT2D eigenvalue weighted by Gasteiger charge is 2.63. The maximum Gasteiger partial charge on any atom is 0.238 e. The third-order valence-corrected chi connectivity index (χ3v) is 7.38. The average molecular weight is 529 g/mol. The van der Waals surface area contributed by atoms with E-state index in [0.717, 1.165) is 0 Å². The third-order valence-electron chi connectivity index (χ3n) is 7.38. The molecule has 2 fully saturated rings. The molecule has 3 aromatic carbocycles. The summed E-state index contributed by atoms with van der Waals surface area (Å²) in [6.07, 6.45) is 3.28. The molecule has 1 saturated carbocycles. The molecule has 0 unspecified atom stereocenters. The molecule has 0 spiro atoms. The van der Waals surface area contributed by atoms with Crippen molar-refractivity contribution < 1.29 is 40.3 Å². The van der Waals surface area contributed by atoms with E-state index in [-0.39, 0.29) is 4.90 Å². The zero-order valence-electron chi connectivity index (χ0n) is 19.0. The van der Waals surface area contributed by atoms with E-state index in [1.165, 1.54) is 48.5 Å². The van der Waals surface area contributed by atoms with Crippen molar-refractivity contribution in [3.63, 3.8) is 0 Å². The normalized spacial score (nSPS) is 23.6. The van der Waals surface area contributed by atoms with E-state index in [0.29, 0.717) is 22.3 Å². The lowest BCUT2D eigenvalue weighted by Crippen LogP contribution is -2.35. The summed E-state index contributed by atoms with van der Waals surface area (Å²) in [6.45, 7) is 0. The maximum atomic E-state index is 14.5. The van der Waals surface area contributed by atoms with Gasteiger partial charge in [-0.2, -0.15) is 0 Å². The predicted molar refractivity (Wildman–Crippen MR) is 121 cm³/mol. The van der Waals surface area contributed by atoms with Crippen LogP contribution in [-0.4, -0.2) is 11.8 Å². The lowest BCUT2D eigenvalue weighted by atomic mass is 9.85. The smallest absolute Gasteiger partial charge is 0.238 e. The number of hydrogen-bond donors (Lipinski definition) is 0. The second kappa shape index (κ2) is 8.41. The molecule has 6 rings (SSSR count). The minimum absolute atomic E-state index is 0.0465. The quantitative estimate of drug-likeness (QED) is 0.136. The van der Waals surface area contributed by atoms with Gasteiger partial charge in [0, 0.05) is 11.8 Å². The first-order chi connectivity index (χ1) is 18.1. The first-order valence-electron chi connectivity index (χ1n) is 11.4. The lowest BCUT2D eigenvalue weighted by Gasteiger charge is -2.22. The Morgan fingerprint density at radius 1 is 0.553 bits per heavy atom. The summed E-state index contributed by atoms with van der Waals surface area (Å²) in [4.78, 5) is 26.9. The molecule has 0 radical (unpaired) electrons. The number of carbonyl (C=O) groups excluding carboxylic acids is 2. The van der Waals surface area contributed by atoms with Crippen LogP contribution in [0.15, 0.2) is 66.3 Å². The van der Waals surface area contributed by atoms with E-state index in [4.69, 9.17) is 0 Å². The minimum atomic E-state index is -2.40. The number of hydrogen-bond acceptors (Lipinski definition) is 2. The molecule has 1 saturated heterocycles. The number of allylic oxidation sites excluding steroid dienone is 3. The highest BCUT2D eigenvalue weighted by atomic mass is 19.2. The van der Waals surface area contributed by atoms with Gasteiger partial charge in [-0.05, 0) is 46.5 Å². The Morgan fingerprint density at radius 2 is 0.921 bits per heavy atom. The van der Waals surface area contributed by atoms with Gasteiger partial charge in [-0.1, -0.05) is 36.4 Å². The molecule has 1 aliphatic heterocycles. The van der Waals surface area contributed by atoms with Crippen molar-refractivity contribution in [2.45, 2.75) is 0 Å². The van der Waals surface area contributed by atoms with Crippen LogP contribution in [0, 0.1) is 64.4 Å². The van der Waals surface area contributed by atoms with Gasteiger partial charge in [0.15, 0.2) is 23.3 Å². The summed E-state index contributed by atoms with van der Waals surface area (Å²) < 4.78 is 97.8. The Bertz CT molecular complexity index is 1480. The van der Waals surface area contributed by atoms with Crippen molar-refractivity contribution in [2.75, 3.05) is 4.90 Å². The first-order valence-corrected chi connectivity index (χ1v) is 11.4. The Morgan fingerprint density at radius 3 is 1.32 bits per heavy atom. The molecule has 0 N–H and O–H groups in total. The summed E-state index contributed by atoms with van der Waals surface area (Å²) in [6, 6.07) is 10.8. The number of rotatable bonds is 3. The van der Waals surface area contributed by atoms with Gasteiger partial charge in [0.25, 0.3) is 0 Å². The lowest BCUT2D eigenvalue weighted by molar-refractivity contribution is -0.123. The van der Waals surface area contributed by atoms with E-state index >= 15 is 0 Å². The van der Waals surface area contributed by atoms with Gasteiger partial charge in [-0.3, -0.25) is 9.59 Å². The summed E-state index contributed by atoms with van der Waals surface area (Å²) in [5, 5.41) is 0. The molecule has 2 aliphatic carbocycles. The first kappa shape index (κ1) is 24.1. The third kappa shape index (κ3) is 3.22. The molecular weight excluding hydrogens is 515 g/mol. The topological polar surface area (TPSA) is 37.4 Å². The van der Waals surface area contributed by atoms with Gasteiger partial charge < -0.3 is 0 Å². The monoisotopic (exact) mass is 529 g/mol. The average Bonchev–Trinajstić information content (AvgIpc) is 3.54. The number of amides is 2. The molecule has 192 valence electrons. The van der Waals surface area contributed by atoms with Crippen LogP contribution in [-0.2, 0) is 9.59 Å². The second-order valence-electron chi connectivity index (χ2n) is 9.26. The van der Waals surface area contributed by atoms with Gasteiger partial charge >= 0.3 is 0 Å². The minimum Gasteiger partial charge on any atom is -0.274 e. The number of carbonyl (C=O) groups is 2. The SMILES string of the molecule is O=C1[C@H]2[C@H](C(=O)N1c1c(F)c(F)c(F)c(F)c1F)[C@H]1C=C[C@H]2C1=C(c1ccc(F)cc1)c1ccc(F)cc1. The van der Waals surface area contributed by atoms with Crippen LogP contribution >= 0.6 is 0 Å². The number of nitrogens with zero attached hydrogens (tertiary/aromatic N) is 1. The number of halogens is 7. The van der Waals surface area contributed by atoms with Crippen molar-refractivity contribution in [2.24, 2.45) is 23.7 Å². The molecule has 10 heteroatoms. The Balaban J connectivity index is 1.50. The number of fused-ring (bicyclic) bond motifs is 5. The van der Waals surface area contributed by atoms with E-state index in [1.807, 2.05) is 0 Å². The zero-order valence-corrected chi connectivity index (χ0v) is 19.0. The summed E-state index contributed by atoms with van der Waals surface area (Å²) >= 11 is 0. The van der Waals surface area contributed by atoms with E-state index in [1.54, 1.807) is 12.2 Å². The van der Waals surface area contributed by atoms with Crippen LogP contribution in [0.3, 0.4) is 0 Å². The van der Waals surface area contributed by atoms with Gasteiger partial charge in [0.1, 0.15) is 17.3 Å². The Kier molecular flexibility index (Phi) is 5.34. The highest BCUT2D eigenvalue weighted by molar-refractivity contribution is 6.23. The predicted octanol–water partition coefficient (Wildman–Crippen LogP) is 6.08. The van der Waals surface area contributed by atoms with E-state index in [9.17, 15) is 40.3 Å². The van der Waals surface area contributed by atoms with Crippen LogP contribution in [0.25, 0.3) is 5.57 Å². The molecule has 1 heterocycles. The molecule has 2 bridgehead atoms. The highest BCUT2D eigenvalue weighted by Crippen LogP contribution is 2.59. The molecule has 4 atom stereocenters. The molecule has 3 aliphatic rings. The Hall–Kier alpha value is -4.21. The molecule has 3 nitrogen and oxygen atoms in total. The van der Waals surface area contributed by atoms with Crippen molar-refractivity contribution in [3.8, 4) is 0 Å². The van der Waals surface area contributed by atoms with Crippen LogP contribution < -0.4 is 4.90 Å². The largest absolute Gasteiger partial charge is 0.274 e. The fraction of sp³-hybridized carbons (Fsp3) is 0.143. The Labute approximate surface area is 210 Å². The number of benzene rings is 3. The van der Waals surface area contributed by atoms with Crippen molar-refractivity contribution in [1.82, 2.24) is 0 Å². The van der Waals surface area contributed by atoms with Crippen molar-refractivity contribution >= 4 is 23.1 Å². The van der Waals surface area contributed by atoms with Crippen LogP contribution in [0.1, 0.15) is 11.1 Å². The summed E-state index contributed by atoms with van der Waals surface area (Å²) in [5.74, 6) is -18.6. The number of imide groups is 1. The van der Waals surface area contributed by atoms with E-state index in [2.05, 4.69) is 0 Å². The fourth-order valence-electron chi connectivity index (χ4n) is 5.84. The summed E-state index contributed by atoms with van der Waals surface area (Å²) in [7, 11) is 0. The van der Waals surface area contributed by atoms with Crippen LogP contribution in [0.4, 0.5) is 36.4 Å². The molecule has 3 aromatic rings. The molecule has 0 aromatic heterocycles. The van der Waals surface area contributed by atoms with E-state index < -0.39 is 81.9 Å². The van der Waals surface area contributed by atoms with Crippen molar-refractivity contribution in [1.29, 1.82) is 0 Å². The summed E-state index contributed by atoms with van der Waals surface area (Å²) in [5.41, 5.74) is 0.527. The molecular formula is C28H14F7NO2. The van der Waals surface area contributed by atoms with Crippen molar-refractivity contribution in [3.05, 3.63) is 118 Å². The van der Waals surface area contributed by atoms with Gasteiger partial charge in [0.05, 0.1) is 11.8 Å².